The second-order valence-electron chi connectivity index (χ2n) is 5.10. The number of thiazole rings is 1. The summed E-state index contributed by atoms with van der Waals surface area (Å²) in [5.41, 5.74) is 0.848. The Labute approximate surface area is 100 Å². The van der Waals surface area contributed by atoms with Gasteiger partial charge in [-0.2, -0.15) is 5.26 Å². The maximum absolute atomic E-state index is 9.28. The normalized spacial score (nSPS) is 23.9. The Morgan fingerprint density at radius 3 is 2.62 bits per heavy atom. The predicted octanol–water partition coefficient (Wildman–Crippen LogP) is 3.75. The van der Waals surface area contributed by atoms with Crippen LogP contribution in [0.5, 0.6) is 0 Å². The highest BCUT2D eigenvalue weighted by molar-refractivity contribution is 7.09. The molecule has 0 spiro atoms. The smallest absolute Gasteiger partial charge is 0.100 e. The molecule has 1 heterocycles. The highest BCUT2D eigenvalue weighted by atomic mass is 32.1. The van der Waals surface area contributed by atoms with Crippen LogP contribution in [0.1, 0.15) is 61.6 Å². The van der Waals surface area contributed by atoms with Gasteiger partial charge < -0.3 is 0 Å². The van der Waals surface area contributed by atoms with Crippen molar-refractivity contribution in [3.05, 3.63) is 16.1 Å². The van der Waals surface area contributed by atoms with Crippen molar-refractivity contribution in [3.63, 3.8) is 0 Å². The Balaban J connectivity index is 1.85. The number of hydrogen-bond acceptors (Lipinski definition) is 3. The fourth-order valence-electron chi connectivity index (χ4n) is 2.82. The molecule has 2 nitrogen and oxygen atoms in total. The minimum atomic E-state index is -0.215. The van der Waals surface area contributed by atoms with E-state index in [0.717, 1.165) is 18.5 Å². The van der Waals surface area contributed by atoms with Gasteiger partial charge in [0.05, 0.1) is 16.8 Å². The zero-order chi connectivity index (χ0) is 11.0. The van der Waals surface area contributed by atoms with Crippen LogP contribution in [-0.4, -0.2) is 4.98 Å². The van der Waals surface area contributed by atoms with Crippen LogP contribution in [0.4, 0.5) is 0 Å². The fourth-order valence-corrected chi connectivity index (χ4v) is 3.91. The van der Waals surface area contributed by atoms with E-state index in [-0.39, 0.29) is 5.41 Å². The summed E-state index contributed by atoms with van der Waals surface area (Å²) < 4.78 is 0. The zero-order valence-corrected chi connectivity index (χ0v) is 10.2. The Kier molecular flexibility index (Phi) is 2.48. The molecule has 0 N–H and O–H groups in total. The summed E-state index contributed by atoms with van der Waals surface area (Å²) in [6.45, 7) is 0. The topological polar surface area (TPSA) is 36.7 Å². The van der Waals surface area contributed by atoms with Crippen molar-refractivity contribution in [2.45, 2.75) is 56.3 Å². The van der Waals surface area contributed by atoms with E-state index in [1.54, 1.807) is 11.3 Å². The molecular weight excluding hydrogens is 216 g/mol. The first-order valence-corrected chi connectivity index (χ1v) is 7.09. The number of rotatable bonds is 2. The standard InChI is InChI=1S/C13H16N2S/c14-9-13(6-3-7-13)11-8-16-12(15-11)10-4-1-2-5-10/h8,10H,1-7H2. The van der Waals surface area contributed by atoms with Crippen LogP contribution in [0, 0.1) is 11.3 Å². The van der Waals surface area contributed by atoms with E-state index >= 15 is 0 Å². The van der Waals surface area contributed by atoms with Gasteiger partial charge >= 0.3 is 0 Å². The van der Waals surface area contributed by atoms with Gasteiger partial charge in [0.1, 0.15) is 5.41 Å². The zero-order valence-electron chi connectivity index (χ0n) is 9.41. The quantitative estimate of drug-likeness (QED) is 0.778. The average Bonchev–Trinajstić information content (AvgIpc) is 2.86. The number of hydrogen-bond donors (Lipinski definition) is 0. The summed E-state index contributed by atoms with van der Waals surface area (Å²) in [4.78, 5) is 4.75. The lowest BCUT2D eigenvalue weighted by Gasteiger charge is -2.33. The third-order valence-corrected chi connectivity index (χ3v) is 5.15. The van der Waals surface area contributed by atoms with Crippen molar-refractivity contribution >= 4 is 11.3 Å². The molecule has 0 radical (unpaired) electrons. The van der Waals surface area contributed by atoms with E-state index in [0.29, 0.717) is 5.92 Å². The maximum Gasteiger partial charge on any atom is 0.100 e. The molecule has 0 bridgehead atoms. The highest BCUT2D eigenvalue weighted by Crippen LogP contribution is 2.45. The second-order valence-corrected chi connectivity index (χ2v) is 5.99. The second kappa shape index (κ2) is 3.85. The Morgan fingerprint density at radius 1 is 1.31 bits per heavy atom. The van der Waals surface area contributed by atoms with Gasteiger partial charge in [-0.3, -0.25) is 0 Å². The molecule has 1 aromatic rings. The monoisotopic (exact) mass is 232 g/mol. The average molecular weight is 232 g/mol. The minimum Gasteiger partial charge on any atom is -0.244 e. The summed E-state index contributed by atoms with van der Waals surface area (Å²) >= 11 is 1.78. The van der Waals surface area contributed by atoms with Gasteiger partial charge in [-0.1, -0.05) is 12.8 Å². The number of aromatic nitrogens is 1. The van der Waals surface area contributed by atoms with Gasteiger partial charge in [0.2, 0.25) is 0 Å². The first-order chi connectivity index (χ1) is 7.84. The van der Waals surface area contributed by atoms with Crippen LogP contribution in [0.2, 0.25) is 0 Å². The molecule has 2 aliphatic carbocycles. The van der Waals surface area contributed by atoms with Crippen LogP contribution in [-0.2, 0) is 5.41 Å². The predicted molar refractivity (Wildman–Crippen MR) is 64.5 cm³/mol. The largest absolute Gasteiger partial charge is 0.244 e. The van der Waals surface area contributed by atoms with Crippen LogP contribution in [0.25, 0.3) is 0 Å². The Bertz CT molecular complexity index is 419. The third-order valence-electron chi connectivity index (χ3n) is 4.14. The lowest BCUT2D eigenvalue weighted by atomic mass is 9.68. The summed E-state index contributed by atoms with van der Waals surface area (Å²) in [5.74, 6) is 0.689. The molecule has 0 saturated heterocycles. The molecule has 2 fully saturated rings. The molecule has 2 saturated carbocycles. The lowest BCUT2D eigenvalue weighted by Crippen LogP contribution is -2.32. The van der Waals surface area contributed by atoms with Crippen molar-refractivity contribution in [1.82, 2.24) is 4.98 Å². The molecule has 1 aromatic heterocycles. The SMILES string of the molecule is N#CC1(c2csc(C3CCCC3)n2)CCC1. The Hall–Kier alpha value is -0.880. The summed E-state index contributed by atoms with van der Waals surface area (Å²) in [6.07, 6.45) is 8.50. The van der Waals surface area contributed by atoms with E-state index in [1.165, 1.54) is 37.1 Å². The first kappa shape index (κ1) is 10.3. The van der Waals surface area contributed by atoms with Crippen LogP contribution in [0.15, 0.2) is 5.38 Å². The summed E-state index contributed by atoms with van der Waals surface area (Å²) in [5, 5.41) is 12.7. The highest BCUT2D eigenvalue weighted by Gasteiger charge is 2.41. The lowest BCUT2D eigenvalue weighted by molar-refractivity contribution is 0.316. The van der Waals surface area contributed by atoms with Gasteiger partial charge in [-0.15, -0.1) is 11.3 Å². The fraction of sp³-hybridized carbons (Fsp3) is 0.692. The van der Waals surface area contributed by atoms with E-state index in [4.69, 9.17) is 4.98 Å². The molecule has 16 heavy (non-hydrogen) atoms. The molecular formula is C13H16N2S. The van der Waals surface area contributed by atoms with Gasteiger partial charge in [-0.05, 0) is 32.1 Å². The molecule has 3 heteroatoms. The van der Waals surface area contributed by atoms with E-state index < -0.39 is 0 Å². The summed E-state index contributed by atoms with van der Waals surface area (Å²) in [7, 11) is 0. The maximum atomic E-state index is 9.28. The van der Waals surface area contributed by atoms with Crippen molar-refractivity contribution < 1.29 is 0 Å². The number of nitrogens with zero attached hydrogens (tertiary/aromatic N) is 2. The van der Waals surface area contributed by atoms with Gasteiger partial charge in [0.25, 0.3) is 0 Å². The van der Waals surface area contributed by atoms with E-state index in [1.807, 2.05) is 0 Å². The van der Waals surface area contributed by atoms with Crippen LogP contribution >= 0.6 is 11.3 Å². The van der Waals surface area contributed by atoms with Crippen molar-refractivity contribution in [2.24, 2.45) is 0 Å². The Morgan fingerprint density at radius 2 is 2.06 bits per heavy atom. The first-order valence-electron chi connectivity index (χ1n) is 6.21. The van der Waals surface area contributed by atoms with Crippen molar-refractivity contribution in [2.75, 3.05) is 0 Å². The van der Waals surface area contributed by atoms with Gasteiger partial charge in [0, 0.05) is 11.3 Å². The summed E-state index contributed by atoms with van der Waals surface area (Å²) in [6, 6.07) is 2.48. The molecule has 0 atom stereocenters. The van der Waals surface area contributed by atoms with Crippen LogP contribution in [0.3, 0.4) is 0 Å². The van der Waals surface area contributed by atoms with Gasteiger partial charge in [0.15, 0.2) is 0 Å². The molecule has 0 amide bonds. The van der Waals surface area contributed by atoms with E-state index in [2.05, 4.69) is 11.4 Å². The van der Waals surface area contributed by atoms with Gasteiger partial charge in [-0.25, -0.2) is 4.98 Å². The third kappa shape index (κ3) is 1.48. The molecule has 0 unspecified atom stereocenters. The minimum absolute atomic E-state index is 0.215. The van der Waals surface area contributed by atoms with Crippen molar-refractivity contribution in [1.29, 1.82) is 5.26 Å². The molecule has 0 aromatic carbocycles. The van der Waals surface area contributed by atoms with Crippen LogP contribution < -0.4 is 0 Å². The molecule has 2 aliphatic rings. The molecule has 84 valence electrons. The number of nitriles is 1. The van der Waals surface area contributed by atoms with Crippen molar-refractivity contribution in [3.8, 4) is 6.07 Å². The molecule has 3 rings (SSSR count). The molecule has 0 aliphatic heterocycles. The van der Waals surface area contributed by atoms with E-state index in [9.17, 15) is 5.26 Å².